The number of allylic oxidation sites excluding steroid dienone is 2. The van der Waals surface area contributed by atoms with E-state index in [1.807, 2.05) is 11.8 Å². The number of rotatable bonds is 8. The van der Waals surface area contributed by atoms with Crippen molar-refractivity contribution in [3.05, 3.63) is 11.0 Å². The van der Waals surface area contributed by atoms with Crippen LogP contribution in [0.3, 0.4) is 0 Å². The monoisotopic (exact) mass is 349 g/mol. The van der Waals surface area contributed by atoms with E-state index in [2.05, 4.69) is 11.8 Å². The van der Waals surface area contributed by atoms with Gasteiger partial charge in [-0.05, 0) is 36.3 Å². The zero-order valence-corrected chi connectivity index (χ0v) is 14.3. The number of aliphatic hydroxyl groups is 2. The number of hydrogen-bond acceptors (Lipinski definition) is 6. The lowest BCUT2D eigenvalue weighted by molar-refractivity contribution is -0.149. The van der Waals surface area contributed by atoms with E-state index in [1.165, 1.54) is 17.1 Å². The molecular formula is C15H27NO6S. The van der Waals surface area contributed by atoms with Crippen molar-refractivity contribution in [2.75, 3.05) is 25.6 Å². The summed E-state index contributed by atoms with van der Waals surface area (Å²) in [5, 5.41) is 25.4. The second kappa shape index (κ2) is 12.2. The molecule has 1 heterocycles. The average Bonchev–Trinajstić information content (AvgIpc) is 2.53. The number of ether oxygens (including phenoxy) is 1. The largest absolute Gasteiger partial charge is 0.465 e. The van der Waals surface area contributed by atoms with Crippen LogP contribution in [0.5, 0.6) is 0 Å². The number of aliphatic hydroxyl groups excluding tert-OH is 2. The molecule has 0 fully saturated rings. The maximum atomic E-state index is 11.6. The minimum atomic E-state index is -1.33. The van der Waals surface area contributed by atoms with E-state index in [1.54, 1.807) is 6.92 Å². The fraction of sp³-hybridized carbons (Fsp3) is 0.733. The van der Waals surface area contributed by atoms with E-state index in [4.69, 9.17) is 24.9 Å². The Hall–Kier alpha value is -1.25. The number of amides is 1. The normalized spacial score (nSPS) is 14.3. The Bertz CT molecular complexity index is 391. The zero-order valence-electron chi connectivity index (χ0n) is 13.5. The van der Waals surface area contributed by atoms with Crippen LogP contribution in [0.4, 0.5) is 4.79 Å². The molecule has 0 aromatic rings. The molecule has 1 rings (SSSR count). The number of esters is 1. The molecule has 0 aromatic heterocycles. The van der Waals surface area contributed by atoms with Gasteiger partial charge in [0.25, 0.3) is 0 Å². The highest BCUT2D eigenvalue weighted by Gasteiger charge is 2.24. The highest BCUT2D eigenvalue weighted by molar-refractivity contribution is 8.03. The molecule has 7 nitrogen and oxygen atoms in total. The summed E-state index contributed by atoms with van der Waals surface area (Å²) in [5.41, 5.74) is 3.29. The summed E-state index contributed by atoms with van der Waals surface area (Å²) in [5.74, 6) is 0.927. The number of primary amides is 1. The van der Waals surface area contributed by atoms with Crippen LogP contribution in [-0.2, 0) is 9.53 Å². The van der Waals surface area contributed by atoms with Crippen molar-refractivity contribution in [3.63, 3.8) is 0 Å². The van der Waals surface area contributed by atoms with Gasteiger partial charge in [0.1, 0.15) is 6.61 Å². The van der Waals surface area contributed by atoms with E-state index in [0.717, 1.165) is 19.3 Å². The molecule has 0 aliphatic carbocycles. The van der Waals surface area contributed by atoms with Crippen LogP contribution in [0.25, 0.3) is 0 Å². The van der Waals surface area contributed by atoms with Crippen LogP contribution in [-0.4, -0.2) is 53.0 Å². The molecule has 1 amide bonds. The van der Waals surface area contributed by atoms with E-state index >= 15 is 0 Å². The van der Waals surface area contributed by atoms with Gasteiger partial charge in [0.15, 0.2) is 0 Å². The highest BCUT2D eigenvalue weighted by atomic mass is 32.2. The first kappa shape index (κ1) is 21.8. The lowest BCUT2D eigenvalue weighted by atomic mass is 9.94. The number of nitrogens with two attached hydrogens (primary N) is 1. The van der Waals surface area contributed by atoms with Crippen molar-refractivity contribution in [1.29, 1.82) is 0 Å². The van der Waals surface area contributed by atoms with E-state index in [9.17, 15) is 4.79 Å². The van der Waals surface area contributed by atoms with Crippen LogP contribution in [0.2, 0.25) is 0 Å². The smallest absolute Gasteiger partial charge is 0.402 e. The third-order valence-corrected chi connectivity index (χ3v) is 4.39. The second-order valence-electron chi connectivity index (χ2n) is 5.64. The minimum Gasteiger partial charge on any atom is -0.465 e. The van der Waals surface area contributed by atoms with E-state index in [0.29, 0.717) is 6.42 Å². The number of carbonyl (C=O) groups is 2. The first-order chi connectivity index (χ1) is 10.8. The highest BCUT2D eigenvalue weighted by Crippen LogP contribution is 2.28. The molecule has 1 aliphatic rings. The van der Waals surface area contributed by atoms with Crippen LogP contribution in [0.1, 0.15) is 39.0 Å². The minimum absolute atomic E-state index is 0.0658. The Morgan fingerprint density at radius 3 is 2.48 bits per heavy atom. The van der Waals surface area contributed by atoms with Gasteiger partial charge in [-0.2, -0.15) is 0 Å². The fourth-order valence-electron chi connectivity index (χ4n) is 1.66. The second-order valence-corrected chi connectivity index (χ2v) is 6.86. The zero-order chi connectivity index (χ0) is 17.7. The molecule has 23 heavy (non-hydrogen) atoms. The first-order valence-electron chi connectivity index (χ1n) is 7.50. The molecule has 1 aliphatic heterocycles. The van der Waals surface area contributed by atoms with Crippen molar-refractivity contribution >= 4 is 23.8 Å². The van der Waals surface area contributed by atoms with Crippen molar-refractivity contribution in [1.82, 2.24) is 0 Å². The Kier molecular flexibility index (Phi) is 11.5. The molecule has 0 saturated heterocycles. The molecule has 0 spiro atoms. The standard InChI is InChI=1S/C14H24O4S.CH3NO2/c1-14(9-15,10-16)11-18-13(17)7-4-6-12-5-2-3-8-19-12;2-1(3)4/h5,15-16H,2-4,6-11H2,1H3;2H2,(H,3,4). The lowest BCUT2D eigenvalue weighted by Gasteiger charge is -2.23. The van der Waals surface area contributed by atoms with Crippen molar-refractivity contribution in [2.45, 2.75) is 39.0 Å². The van der Waals surface area contributed by atoms with Crippen molar-refractivity contribution in [2.24, 2.45) is 11.1 Å². The predicted octanol–water partition coefficient (Wildman–Crippen LogP) is 1.72. The number of hydrogen-bond donors (Lipinski definition) is 4. The SMILES string of the molecule is CC(CO)(CO)COC(=O)CCCC1=CCCCS1.NC(=O)O. The van der Waals surface area contributed by atoms with Gasteiger partial charge in [-0.3, -0.25) is 4.79 Å². The Labute approximate surface area is 140 Å². The van der Waals surface area contributed by atoms with Crippen molar-refractivity contribution < 1.29 is 29.6 Å². The van der Waals surface area contributed by atoms with Crippen LogP contribution >= 0.6 is 11.8 Å². The first-order valence-corrected chi connectivity index (χ1v) is 8.49. The summed E-state index contributed by atoms with van der Waals surface area (Å²) in [7, 11) is 0. The molecule has 0 atom stereocenters. The molecule has 134 valence electrons. The summed E-state index contributed by atoms with van der Waals surface area (Å²) < 4.78 is 5.09. The predicted molar refractivity (Wildman–Crippen MR) is 89.1 cm³/mol. The van der Waals surface area contributed by atoms with Gasteiger partial charge >= 0.3 is 12.1 Å². The van der Waals surface area contributed by atoms with E-state index in [-0.39, 0.29) is 25.8 Å². The molecule has 8 heteroatoms. The van der Waals surface area contributed by atoms with Crippen LogP contribution < -0.4 is 5.73 Å². The third-order valence-electron chi connectivity index (χ3n) is 3.16. The van der Waals surface area contributed by atoms with Crippen molar-refractivity contribution in [3.8, 4) is 0 Å². The maximum Gasteiger partial charge on any atom is 0.402 e. The quantitative estimate of drug-likeness (QED) is 0.491. The molecular weight excluding hydrogens is 322 g/mol. The Balaban J connectivity index is 0.00000108. The molecule has 0 radical (unpaired) electrons. The summed E-state index contributed by atoms with van der Waals surface area (Å²) in [6, 6.07) is 0. The van der Waals surface area contributed by atoms with E-state index < -0.39 is 11.5 Å². The molecule has 5 N–H and O–H groups in total. The molecule has 0 aromatic carbocycles. The fourth-order valence-corrected chi connectivity index (χ4v) is 2.76. The third kappa shape index (κ3) is 11.9. The number of carboxylic acid groups (broad SMARTS) is 1. The van der Waals surface area contributed by atoms with Gasteiger partial charge in [-0.1, -0.05) is 13.0 Å². The molecule has 0 unspecified atom stereocenters. The summed E-state index contributed by atoms with van der Waals surface area (Å²) in [4.78, 5) is 21.7. The van der Waals surface area contributed by atoms with Gasteiger partial charge < -0.3 is 25.8 Å². The molecule has 0 bridgehead atoms. The topological polar surface area (TPSA) is 130 Å². The number of carbonyl (C=O) groups excluding carboxylic acids is 1. The average molecular weight is 349 g/mol. The van der Waals surface area contributed by atoms with Gasteiger partial charge in [-0.25, -0.2) is 4.79 Å². The van der Waals surface area contributed by atoms with Gasteiger partial charge in [0.05, 0.1) is 13.2 Å². The Morgan fingerprint density at radius 2 is 2.00 bits per heavy atom. The summed E-state index contributed by atoms with van der Waals surface area (Å²) >= 11 is 1.88. The Morgan fingerprint density at radius 1 is 1.39 bits per heavy atom. The summed E-state index contributed by atoms with van der Waals surface area (Å²) in [6.45, 7) is 1.36. The van der Waals surface area contributed by atoms with Crippen LogP contribution in [0.15, 0.2) is 11.0 Å². The van der Waals surface area contributed by atoms with Gasteiger partial charge in [-0.15, -0.1) is 11.8 Å². The number of thioether (sulfide) groups is 1. The van der Waals surface area contributed by atoms with Gasteiger partial charge in [0.2, 0.25) is 0 Å². The van der Waals surface area contributed by atoms with Gasteiger partial charge in [0, 0.05) is 11.8 Å². The molecule has 0 saturated carbocycles. The maximum absolute atomic E-state index is 11.6. The lowest BCUT2D eigenvalue weighted by Crippen LogP contribution is -2.32. The summed E-state index contributed by atoms with van der Waals surface area (Å²) in [6.07, 6.45) is 5.46. The van der Waals surface area contributed by atoms with Crippen LogP contribution in [0, 0.1) is 5.41 Å².